The molecule has 2 rings (SSSR count). The van der Waals surface area contributed by atoms with Gasteiger partial charge in [0.05, 0.1) is 11.3 Å². The van der Waals surface area contributed by atoms with E-state index in [1.807, 2.05) is 25.7 Å². The summed E-state index contributed by atoms with van der Waals surface area (Å²) in [5, 5.41) is 2.96. The first-order chi connectivity index (χ1) is 10.3. The summed E-state index contributed by atoms with van der Waals surface area (Å²) < 4.78 is 0. The van der Waals surface area contributed by atoms with Crippen LogP contribution in [0.2, 0.25) is 0 Å². The van der Waals surface area contributed by atoms with Crippen molar-refractivity contribution in [3.63, 3.8) is 0 Å². The van der Waals surface area contributed by atoms with Gasteiger partial charge in [0.2, 0.25) is 5.91 Å². The first-order valence-corrected chi connectivity index (χ1v) is 7.45. The van der Waals surface area contributed by atoms with Crippen LogP contribution in [-0.4, -0.2) is 53.7 Å². The largest absolute Gasteiger partial charge is 0.349 e. The smallest absolute Gasteiger partial charge is 0.254 e. The highest BCUT2D eigenvalue weighted by Gasteiger charge is 2.30. The van der Waals surface area contributed by atoms with Gasteiger partial charge >= 0.3 is 0 Å². The van der Waals surface area contributed by atoms with Crippen molar-refractivity contribution in [1.82, 2.24) is 20.2 Å². The van der Waals surface area contributed by atoms with Gasteiger partial charge in [-0.05, 0) is 12.8 Å². The second kappa shape index (κ2) is 6.46. The predicted molar refractivity (Wildman–Crippen MR) is 83.9 cm³/mol. The molecule has 0 saturated carbocycles. The van der Waals surface area contributed by atoms with Crippen LogP contribution in [0.25, 0.3) is 0 Å². The van der Waals surface area contributed by atoms with Gasteiger partial charge in [-0.2, -0.15) is 0 Å². The minimum atomic E-state index is -0.364. The summed E-state index contributed by atoms with van der Waals surface area (Å²) in [6.07, 6.45) is 4.33. The topological polar surface area (TPSA) is 75.2 Å². The van der Waals surface area contributed by atoms with Crippen LogP contribution in [0, 0.1) is 5.41 Å². The van der Waals surface area contributed by atoms with Crippen LogP contribution >= 0.6 is 0 Å². The number of carbonyl (C=O) groups is 2. The van der Waals surface area contributed by atoms with E-state index in [1.54, 1.807) is 0 Å². The molecule has 0 unspecified atom stereocenters. The fourth-order valence-corrected chi connectivity index (χ4v) is 2.43. The summed E-state index contributed by atoms with van der Waals surface area (Å²) in [6, 6.07) is 0.0640. The van der Waals surface area contributed by atoms with E-state index in [-0.39, 0.29) is 29.0 Å². The van der Waals surface area contributed by atoms with E-state index in [4.69, 9.17) is 7.85 Å². The van der Waals surface area contributed by atoms with Crippen molar-refractivity contribution in [2.24, 2.45) is 5.41 Å². The van der Waals surface area contributed by atoms with Gasteiger partial charge in [0, 0.05) is 36.9 Å². The number of piperidine rings is 1. The Balaban J connectivity index is 1.86. The van der Waals surface area contributed by atoms with Crippen LogP contribution in [0.1, 0.15) is 44.0 Å². The van der Waals surface area contributed by atoms with Crippen LogP contribution < -0.4 is 11.0 Å². The minimum Gasteiger partial charge on any atom is -0.349 e. The number of nitrogens with one attached hydrogen (secondary N) is 1. The molecule has 0 aliphatic carbocycles. The normalized spacial score (nSPS) is 16.4. The second-order valence-electron chi connectivity index (χ2n) is 6.62. The van der Waals surface area contributed by atoms with Gasteiger partial charge in [-0.25, -0.2) is 0 Å². The Kier molecular flexibility index (Phi) is 4.83. The van der Waals surface area contributed by atoms with Crippen molar-refractivity contribution < 1.29 is 9.59 Å². The molecule has 0 bridgehead atoms. The summed E-state index contributed by atoms with van der Waals surface area (Å²) in [7, 11) is 5.40. The maximum absolute atomic E-state index is 12.2. The Hall–Kier alpha value is -1.92. The Morgan fingerprint density at radius 3 is 2.27 bits per heavy atom. The zero-order valence-electron chi connectivity index (χ0n) is 13.3. The van der Waals surface area contributed by atoms with E-state index in [2.05, 4.69) is 15.3 Å². The SMILES string of the molecule is [B]c1ncc(C(=O)NC2CCN(C(=O)C(C)(C)C)CC2)cn1. The molecule has 0 atom stereocenters. The van der Waals surface area contributed by atoms with E-state index in [1.165, 1.54) is 12.4 Å². The molecular formula is C15H21BN4O2. The first-order valence-electron chi connectivity index (χ1n) is 7.45. The molecule has 2 heterocycles. The molecule has 116 valence electrons. The Labute approximate surface area is 132 Å². The predicted octanol–water partition coefficient (Wildman–Crippen LogP) is 0.0373. The fraction of sp³-hybridized carbons (Fsp3) is 0.600. The molecule has 1 aromatic heterocycles. The Bertz CT molecular complexity index is 546. The van der Waals surface area contributed by atoms with Crippen molar-refractivity contribution in [2.75, 3.05) is 13.1 Å². The third-order valence-corrected chi connectivity index (χ3v) is 3.69. The third kappa shape index (κ3) is 4.05. The number of hydrogen-bond donors (Lipinski definition) is 1. The van der Waals surface area contributed by atoms with Gasteiger partial charge in [-0.15, -0.1) is 0 Å². The average Bonchev–Trinajstić information content (AvgIpc) is 2.47. The van der Waals surface area contributed by atoms with E-state index in [0.29, 0.717) is 18.7 Å². The quantitative estimate of drug-likeness (QED) is 0.782. The van der Waals surface area contributed by atoms with E-state index in [9.17, 15) is 9.59 Å². The van der Waals surface area contributed by atoms with Gasteiger partial charge in [0.15, 0.2) is 7.85 Å². The zero-order chi connectivity index (χ0) is 16.3. The molecule has 0 spiro atoms. The van der Waals surface area contributed by atoms with E-state index >= 15 is 0 Å². The molecule has 6 nitrogen and oxygen atoms in total. The lowest BCUT2D eigenvalue weighted by atomic mass is 9.93. The van der Waals surface area contributed by atoms with Crippen molar-refractivity contribution >= 4 is 25.4 Å². The van der Waals surface area contributed by atoms with Crippen molar-refractivity contribution in [2.45, 2.75) is 39.7 Å². The number of nitrogens with zero attached hydrogens (tertiary/aromatic N) is 3. The lowest BCUT2D eigenvalue weighted by Crippen LogP contribution is -2.49. The molecular weight excluding hydrogens is 279 g/mol. The minimum absolute atomic E-state index is 0.0640. The van der Waals surface area contributed by atoms with Crippen molar-refractivity contribution in [3.05, 3.63) is 18.0 Å². The van der Waals surface area contributed by atoms with Crippen molar-refractivity contribution in [3.8, 4) is 0 Å². The molecule has 1 aliphatic heterocycles. The Morgan fingerprint density at radius 1 is 1.23 bits per heavy atom. The van der Waals surface area contributed by atoms with Gasteiger partial charge < -0.3 is 10.2 Å². The molecule has 1 N–H and O–H groups in total. The molecule has 7 heteroatoms. The third-order valence-electron chi connectivity index (χ3n) is 3.69. The number of hydrogen-bond acceptors (Lipinski definition) is 4. The van der Waals surface area contributed by atoms with Crippen LogP contribution in [0.15, 0.2) is 12.4 Å². The van der Waals surface area contributed by atoms with Gasteiger partial charge in [-0.1, -0.05) is 20.8 Å². The van der Waals surface area contributed by atoms with E-state index < -0.39 is 0 Å². The van der Waals surface area contributed by atoms with Crippen LogP contribution in [0.5, 0.6) is 0 Å². The van der Waals surface area contributed by atoms with Gasteiger partial charge in [0.1, 0.15) is 0 Å². The molecule has 1 aromatic rings. The molecule has 1 fully saturated rings. The lowest BCUT2D eigenvalue weighted by Gasteiger charge is -2.36. The van der Waals surface area contributed by atoms with Crippen LogP contribution in [0.3, 0.4) is 0 Å². The second-order valence-corrected chi connectivity index (χ2v) is 6.62. The summed E-state index contributed by atoms with van der Waals surface area (Å²) in [5.41, 5.74) is 0.171. The van der Waals surface area contributed by atoms with Crippen molar-refractivity contribution in [1.29, 1.82) is 0 Å². The first kappa shape index (κ1) is 16.5. The number of carbonyl (C=O) groups excluding carboxylic acids is 2. The highest BCUT2D eigenvalue weighted by Crippen LogP contribution is 2.21. The molecule has 1 aliphatic rings. The highest BCUT2D eigenvalue weighted by atomic mass is 16.2. The van der Waals surface area contributed by atoms with Crippen LogP contribution in [0.4, 0.5) is 0 Å². The highest BCUT2D eigenvalue weighted by molar-refractivity contribution is 6.28. The number of likely N-dealkylation sites (tertiary alicyclic amines) is 1. The van der Waals surface area contributed by atoms with Crippen LogP contribution in [-0.2, 0) is 4.79 Å². The number of amides is 2. The maximum atomic E-state index is 12.2. The monoisotopic (exact) mass is 300 g/mol. The number of aromatic nitrogens is 2. The summed E-state index contributed by atoms with van der Waals surface area (Å²) in [5.74, 6) is -0.0511. The molecule has 2 radical (unpaired) electrons. The molecule has 1 saturated heterocycles. The lowest BCUT2D eigenvalue weighted by molar-refractivity contribution is -0.140. The average molecular weight is 300 g/mol. The summed E-state index contributed by atoms with van der Waals surface area (Å²) in [4.78, 5) is 33.8. The zero-order valence-corrected chi connectivity index (χ0v) is 13.3. The molecule has 22 heavy (non-hydrogen) atoms. The standard InChI is InChI=1S/C15H21BN4O2/c1-15(2,3)13(22)20-6-4-11(5-7-20)19-12(21)10-8-17-14(16)18-9-10/h8-9,11H,4-7H2,1-3H3,(H,19,21). The fourth-order valence-electron chi connectivity index (χ4n) is 2.43. The molecule has 0 aromatic carbocycles. The molecule has 2 amide bonds. The number of rotatable bonds is 2. The van der Waals surface area contributed by atoms with E-state index in [0.717, 1.165) is 12.8 Å². The summed E-state index contributed by atoms with van der Waals surface area (Å²) in [6.45, 7) is 7.09. The summed E-state index contributed by atoms with van der Waals surface area (Å²) >= 11 is 0. The van der Waals surface area contributed by atoms with Gasteiger partial charge in [-0.3, -0.25) is 19.6 Å². The Morgan fingerprint density at radius 2 is 1.77 bits per heavy atom. The van der Waals surface area contributed by atoms with Gasteiger partial charge in [0.25, 0.3) is 5.91 Å². The maximum Gasteiger partial charge on any atom is 0.254 e.